The van der Waals surface area contributed by atoms with Crippen LogP contribution in [-0.4, -0.2) is 11.9 Å². The third-order valence-corrected chi connectivity index (χ3v) is 1.53. The summed E-state index contributed by atoms with van der Waals surface area (Å²) in [5.74, 6) is 0.120. The Morgan fingerprint density at radius 2 is 2.56 bits per heavy atom. The minimum absolute atomic E-state index is 0.120. The summed E-state index contributed by atoms with van der Waals surface area (Å²) in [6.07, 6.45) is 0.606. The lowest BCUT2D eigenvalue weighted by Gasteiger charge is -2.26. The molecule has 1 amide bonds. The molecule has 1 aliphatic rings. The molecule has 48 valence electrons. The molecule has 2 heteroatoms. The van der Waals surface area contributed by atoms with Crippen LogP contribution in [0.2, 0.25) is 0 Å². The Labute approximate surface area is 54.3 Å². The number of hydrogen-bond donors (Lipinski definition) is 1. The van der Waals surface area contributed by atoms with Gasteiger partial charge in [0.05, 0.1) is 12.5 Å². The largest absolute Gasteiger partial charge is 0.348 e. The summed E-state index contributed by atoms with van der Waals surface area (Å²) < 4.78 is 0. The van der Waals surface area contributed by atoms with Crippen LogP contribution in [0.15, 0.2) is 17.9 Å². The maximum absolute atomic E-state index is 10.4. The van der Waals surface area contributed by atoms with Crippen LogP contribution in [-0.2, 0) is 4.79 Å². The van der Waals surface area contributed by atoms with E-state index < -0.39 is 0 Å². The van der Waals surface area contributed by atoms with Crippen LogP contribution in [0.3, 0.4) is 0 Å². The molecule has 1 aliphatic heterocycles. The van der Waals surface area contributed by atoms with E-state index in [0.29, 0.717) is 6.42 Å². The van der Waals surface area contributed by atoms with E-state index in [-0.39, 0.29) is 11.9 Å². The lowest BCUT2D eigenvalue weighted by atomic mass is 9.99. The highest BCUT2D eigenvalue weighted by Crippen LogP contribution is 2.11. The lowest BCUT2D eigenvalue weighted by molar-refractivity contribution is -0.127. The van der Waals surface area contributed by atoms with Gasteiger partial charge in [-0.25, -0.2) is 0 Å². The first-order chi connectivity index (χ1) is 4.24. The molecule has 1 N–H and O–H groups in total. The third-order valence-electron chi connectivity index (χ3n) is 1.53. The van der Waals surface area contributed by atoms with Crippen molar-refractivity contribution in [2.45, 2.75) is 19.4 Å². The number of amides is 1. The average molecular weight is 123 g/mol. The highest BCUT2D eigenvalue weighted by Gasteiger charge is 2.25. The topological polar surface area (TPSA) is 29.1 Å². The third kappa shape index (κ3) is 1.03. The van der Waals surface area contributed by atoms with Gasteiger partial charge in [-0.3, -0.25) is 4.79 Å². The van der Waals surface area contributed by atoms with Crippen molar-refractivity contribution >= 4 is 5.91 Å². The molecule has 0 spiro atoms. The van der Waals surface area contributed by atoms with Crippen LogP contribution < -0.4 is 5.32 Å². The fraction of sp³-hybridized carbons (Fsp3) is 0.429. The van der Waals surface area contributed by atoms with Crippen LogP contribution in [0.25, 0.3) is 0 Å². The molecule has 1 unspecified atom stereocenters. The molecular weight excluding hydrogens is 114 g/mol. The second-order valence-corrected chi connectivity index (χ2v) is 2.18. The van der Waals surface area contributed by atoms with Crippen molar-refractivity contribution in [2.75, 3.05) is 0 Å². The lowest BCUT2D eigenvalue weighted by Crippen LogP contribution is -2.48. The zero-order valence-corrected chi connectivity index (χ0v) is 5.40. The Balaban J connectivity index is 2.50. The van der Waals surface area contributed by atoms with Gasteiger partial charge >= 0.3 is 0 Å². The summed E-state index contributed by atoms with van der Waals surface area (Å²) in [7, 11) is 0. The first kappa shape index (κ1) is 6.12. The van der Waals surface area contributed by atoms with Gasteiger partial charge in [0, 0.05) is 0 Å². The molecule has 1 rings (SSSR count). The smallest absolute Gasteiger partial charge is 0.222 e. The molecule has 1 atom stereocenters. The van der Waals surface area contributed by atoms with Gasteiger partial charge in [-0.2, -0.15) is 0 Å². The predicted molar refractivity (Wildman–Crippen MR) is 34.9 cm³/mol. The fourth-order valence-corrected chi connectivity index (χ4v) is 0.743. The van der Waals surface area contributed by atoms with Crippen molar-refractivity contribution < 1.29 is 4.79 Å². The first-order valence-corrected chi connectivity index (χ1v) is 2.90. The fourth-order valence-electron chi connectivity index (χ4n) is 0.743. The summed E-state index contributed by atoms with van der Waals surface area (Å²) in [6, 6.07) is 0.218. The Morgan fingerprint density at radius 3 is 2.89 bits per heavy atom. The van der Waals surface area contributed by atoms with Crippen molar-refractivity contribution in [1.82, 2.24) is 5.32 Å². The maximum atomic E-state index is 10.4. The van der Waals surface area contributed by atoms with E-state index in [1.54, 1.807) is 0 Å². The molecular formula is C7H9NO. The van der Waals surface area contributed by atoms with Crippen LogP contribution in [0.1, 0.15) is 13.3 Å². The zero-order chi connectivity index (χ0) is 6.85. The van der Waals surface area contributed by atoms with Crippen LogP contribution >= 0.6 is 0 Å². The number of nitrogens with one attached hydrogen (secondary N) is 1. The van der Waals surface area contributed by atoms with Gasteiger partial charge in [0.25, 0.3) is 0 Å². The van der Waals surface area contributed by atoms with Crippen molar-refractivity contribution in [3.8, 4) is 0 Å². The summed E-state index contributed by atoms with van der Waals surface area (Å²) in [5.41, 5.74) is 3.76. The Kier molecular flexibility index (Phi) is 1.41. The molecule has 0 saturated carbocycles. The monoisotopic (exact) mass is 123 g/mol. The van der Waals surface area contributed by atoms with Gasteiger partial charge in [0.1, 0.15) is 0 Å². The zero-order valence-electron chi connectivity index (χ0n) is 5.40. The van der Waals surface area contributed by atoms with Gasteiger partial charge in [-0.05, 0) is 12.5 Å². The predicted octanol–water partition coefficient (Wildman–Crippen LogP) is 0.606. The summed E-state index contributed by atoms with van der Waals surface area (Å²) >= 11 is 0. The van der Waals surface area contributed by atoms with Crippen molar-refractivity contribution in [2.24, 2.45) is 0 Å². The number of β-lactam (4-membered cyclic amide) rings is 1. The highest BCUT2D eigenvalue weighted by molar-refractivity contribution is 5.83. The molecule has 9 heavy (non-hydrogen) atoms. The molecule has 1 heterocycles. The molecule has 0 bridgehead atoms. The number of hydrogen-bond acceptors (Lipinski definition) is 1. The van der Waals surface area contributed by atoms with E-state index in [2.05, 4.69) is 17.6 Å². The second kappa shape index (κ2) is 2.08. The molecule has 0 aromatic carbocycles. The van der Waals surface area contributed by atoms with Gasteiger partial charge < -0.3 is 5.32 Å². The minimum Gasteiger partial charge on any atom is -0.348 e. The second-order valence-electron chi connectivity index (χ2n) is 2.18. The number of carbonyl (C=O) groups excluding carboxylic acids is 1. The Bertz CT molecular complexity index is 181. The molecule has 0 radical (unpaired) electrons. The molecule has 1 saturated heterocycles. The van der Waals surface area contributed by atoms with E-state index in [4.69, 9.17) is 0 Å². The Hall–Kier alpha value is -1.01. The molecule has 2 nitrogen and oxygen atoms in total. The standard InChI is InChI=1S/C7H9NO/c1-3-5(2)6-4-7(9)8-6/h6H,1,4H2,2H3,(H,8,9). The molecule has 1 fully saturated rings. The van der Waals surface area contributed by atoms with Crippen molar-refractivity contribution in [1.29, 1.82) is 0 Å². The van der Waals surface area contributed by atoms with Crippen LogP contribution in [0.5, 0.6) is 0 Å². The average Bonchev–Trinajstić information content (AvgIpc) is 1.79. The van der Waals surface area contributed by atoms with Crippen molar-refractivity contribution in [3.05, 3.63) is 17.9 Å². The highest BCUT2D eigenvalue weighted by atomic mass is 16.2. The van der Waals surface area contributed by atoms with Gasteiger partial charge in [-0.1, -0.05) is 6.58 Å². The van der Waals surface area contributed by atoms with Gasteiger partial charge in [-0.15, -0.1) is 5.73 Å². The van der Waals surface area contributed by atoms with E-state index in [9.17, 15) is 4.79 Å². The molecule has 0 aliphatic carbocycles. The quantitative estimate of drug-likeness (QED) is 0.401. The first-order valence-electron chi connectivity index (χ1n) is 2.90. The number of rotatable bonds is 1. The van der Waals surface area contributed by atoms with Crippen molar-refractivity contribution in [3.63, 3.8) is 0 Å². The van der Waals surface area contributed by atoms with Crippen LogP contribution in [0, 0.1) is 0 Å². The van der Waals surface area contributed by atoms with Gasteiger partial charge in [0.2, 0.25) is 5.91 Å². The van der Waals surface area contributed by atoms with E-state index in [0.717, 1.165) is 5.57 Å². The van der Waals surface area contributed by atoms with E-state index in [1.807, 2.05) is 6.92 Å². The normalized spacial score (nSPS) is 23.7. The van der Waals surface area contributed by atoms with E-state index >= 15 is 0 Å². The summed E-state index contributed by atoms with van der Waals surface area (Å²) in [4.78, 5) is 10.4. The van der Waals surface area contributed by atoms with Crippen LogP contribution in [0.4, 0.5) is 0 Å². The molecule has 0 aromatic heterocycles. The number of carbonyl (C=O) groups is 1. The van der Waals surface area contributed by atoms with Gasteiger partial charge in [0.15, 0.2) is 0 Å². The SMILES string of the molecule is C=C=C(C)C1CC(=O)N1. The maximum Gasteiger partial charge on any atom is 0.222 e. The van der Waals surface area contributed by atoms with E-state index in [1.165, 1.54) is 0 Å². The summed E-state index contributed by atoms with van der Waals surface area (Å²) in [6.45, 7) is 5.39. The molecule has 0 aromatic rings. The summed E-state index contributed by atoms with van der Waals surface area (Å²) in [5, 5.41) is 2.71. The Morgan fingerprint density at radius 1 is 2.00 bits per heavy atom. The minimum atomic E-state index is 0.120.